The number of hydrogen-bond acceptors (Lipinski definition) is 6. The second-order valence-corrected chi connectivity index (χ2v) is 7.30. The molecule has 1 heterocycles. The summed E-state index contributed by atoms with van der Waals surface area (Å²) in [7, 11) is 0. The molecule has 0 radical (unpaired) electrons. The van der Waals surface area contributed by atoms with Crippen molar-refractivity contribution in [2.45, 2.75) is 50.7 Å². The van der Waals surface area contributed by atoms with Gasteiger partial charge in [-0.05, 0) is 56.2 Å². The maximum absolute atomic E-state index is 12.4. The highest BCUT2D eigenvalue weighted by Crippen LogP contribution is 2.27. The summed E-state index contributed by atoms with van der Waals surface area (Å²) >= 11 is 0. The molecule has 1 fully saturated rings. The number of esters is 1. The molecule has 1 saturated carbocycles. The molecule has 0 saturated heterocycles. The van der Waals surface area contributed by atoms with Crippen molar-refractivity contribution in [1.29, 1.82) is 5.26 Å². The fourth-order valence-corrected chi connectivity index (χ4v) is 3.33. The number of carbonyl (C=O) groups excluding carboxylic acids is 3. The Morgan fingerprint density at radius 3 is 2.43 bits per heavy atom. The molecule has 3 rings (SSSR count). The van der Waals surface area contributed by atoms with Gasteiger partial charge in [0.15, 0.2) is 11.9 Å². The minimum absolute atomic E-state index is 0.173. The molecule has 1 aromatic carbocycles. The fourth-order valence-electron chi connectivity index (χ4n) is 3.33. The van der Waals surface area contributed by atoms with Gasteiger partial charge in [0.05, 0.1) is 17.9 Å². The lowest BCUT2D eigenvalue weighted by Gasteiger charge is -2.32. The van der Waals surface area contributed by atoms with Crippen molar-refractivity contribution in [1.82, 2.24) is 5.32 Å². The molecular weight excluding hydrogens is 386 g/mol. The molecule has 0 bridgehead atoms. The molecular formula is C22H23N3O5. The molecule has 0 unspecified atom stereocenters. The van der Waals surface area contributed by atoms with Gasteiger partial charge in [-0.1, -0.05) is 19.3 Å². The summed E-state index contributed by atoms with van der Waals surface area (Å²) in [4.78, 5) is 36.8. The van der Waals surface area contributed by atoms with Crippen LogP contribution < -0.4 is 10.6 Å². The summed E-state index contributed by atoms with van der Waals surface area (Å²) in [5.41, 5.74) is -0.172. The minimum Gasteiger partial charge on any atom is -0.459 e. The minimum atomic E-state index is -1.04. The summed E-state index contributed by atoms with van der Waals surface area (Å²) in [6.45, 7) is 1.47. The van der Waals surface area contributed by atoms with Crippen molar-refractivity contribution in [2.75, 3.05) is 5.32 Å². The monoisotopic (exact) mass is 409 g/mol. The molecule has 156 valence electrons. The summed E-state index contributed by atoms with van der Waals surface area (Å²) in [5.74, 6) is -1.40. The number of nitrogens with one attached hydrogen (secondary N) is 2. The van der Waals surface area contributed by atoms with Crippen LogP contribution in [0, 0.1) is 11.3 Å². The summed E-state index contributed by atoms with van der Waals surface area (Å²) in [6.07, 6.45) is 4.36. The number of benzene rings is 1. The normalized spacial score (nSPS) is 16.0. The average Bonchev–Trinajstić information content (AvgIpc) is 3.30. The van der Waals surface area contributed by atoms with Crippen LogP contribution in [0.3, 0.4) is 0 Å². The quantitative estimate of drug-likeness (QED) is 0.705. The second-order valence-electron chi connectivity index (χ2n) is 7.30. The number of rotatable bonds is 6. The van der Waals surface area contributed by atoms with Crippen LogP contribution in [0.2, 0.25) is 0 Å². The molecule has 1 aromatic heterocycles. The van der Waals surface area contributed by atoms with Gasteiger partial charge in [-0.25, -0.2) is 4.79 Å². The van der Waals surface area contributed by atoms with E-state index in [0.29, 0.717) is 18.5 Å². The highest BCUT2D eigenvalue weighted by Gasteiger charge is 2.35. The third-order valence-corrected chi connectivity index (χ3v) is 5.06. The highest BCUT2D eigenvalue weighted by atomic mass is 16.5. The van der Waals surface area contributed by atoms with E-state index in [1.54, 1.807) is 18.2 Å². The zero-order chi connectivity index (χ0) is 21.6. The lowest BCUT2D eigenvalue weighted by atomic mass is 9.83. The number of nitrogens with zero attached hydrogens (tertiary/aromatic N) is 1. The highest BCUT2D eigenvalue weighted by molar-refractivity contribution is 6.02. The first-order valence-corrected chi connectivity index (χ1v) is 9.82. The Hall–Kier alpha value is -3.60. The predicted molar refractivity (Wildman–Crippen MR) is 108 cm³/mol. The van der Waals surface area contributed by atoms with E-state index in [1.807, 2.05) is 0 Å². The number of nitriles is 1. The maximum Gasteiger partial charge on any atom is 0.338 e. The zero-order valence-electron chi connectivity index (χ0n) is 16.6. The van der Waals surface area contributed by atoms with Gasteiger partial charge in [-0.2, -0.15) is 5.26 Å². The van der Waals surface area contributed by atoms with Crippen molar-refractivity contribution >= 4 is 23.5 Å². The van der Waals surface area contributed by atoms with Gasteiger partial charge in [-0.15, -0.1) is 0 Å². The molecule has 0 spiro atoms. The number of amides is 2. The Bertz CT molecular complexity index is 938. The second kappa shape index (κ2) is 9.27. The first-order chi connectivity index (χ1) is 14.4. The molecule has 30 heavy (non-hydrogen) atoms. The molecule has 8 heteroatoms. The Morgan fingerprint density at radius 1 is 1.13 bits per heavy atom. The van der Waals surface area contributed by atoms with E-state index >= 15 is 0 Å². The van der Waals surface area contributed by atoms with Crippen LogP contribution in [0.4, 0.5) is 5.69 Å². The standard InChI is InChI=1S/C22H23N3O5/c1-15(19(26)25-22(14-23)11-3-2-4-12-22)30-21(28)16-7-9-17(10-8-16)24-20(27)18-6-5-13-29-18/h5-10,13,15H,2-4,11-12H2,1H3,(H,24,27)(H,25,26)/t15-/m0/s1. The van der Waals surface area contributed by atoms with E-state index in [4.69, 9.17) is 9.15 Å². The van der Waals surface area contributed by atoms with Crippen LogP contribution >= 0.6 is 0 Å². The van der Waals surface area contributed by atoms with E-state index in [9.17, 15) is 19.6 Å². The van der Waals surface area contributed by atoms with Crippen LogP contribution in [0.5, 0.6) is 0 Å². The van der Waals surface area contributed by atoms with E-state index in [0.717, 1.165) is 19.3 Å². The maximum atomic E-state index is 12.4. The fraction of sp³-hybridized carbons (Fsp3) is 0.364. The largest absolute Gasteiger partial charge is 0.459 e. The van der Waals surface area contributed by atoms with Crippen molar-refractivity contribution in [2.24, 2.45) is 0 Å². The lowest BCUT2D eigenvalue weighted by molar-refractivity contribution is -0.130. The molecule has 1 aliphatic rings. The third kappa shape index (κ3) is 5.06. The van der Waals surface area contributed by atoms with Crippen LogP contribution in [0.25, 0.3) is 0 Å². The van der Waals surface area contributed by atoms with Crippen molar-refractivity contribution in [3.05, 3.63) is 54.0 Å². The van der Waals surface area contributed by atoms with Crippen molar-refractivity contribution in [3.8, 4) is 6.07 Å². The number of carbonyl (C=O) groups is 3. The van der Waals surface area contributed by atoms with Crippen molar-refractivity contribution in [3.63, 3.8) is 0 Å². The third-order valence-electron chi connectivity index (χ3n) is 5.06. The SMILES string of the molecule is C[C@H](OC(=O)c1ccc(NC(=O)c2ccco2)cc1)C(=O)NC1(C#N)CCCCC1. The lowest BCUT2D eigenvalue weighted by Crippen LogP contribution is -2.52. The molecule has 0 aliphatic heterocycles. The molecule has 1 atom stereocenters. The number of anilines is 1. The predicted octanol–water partition coefficient (Wildman–Crippen LogP) is 3.42. The first-order valence-electron chi connectivity index (χ1n) is 9.82. The van der Waals surface area contributed by atoms with E-state index in [1.165, 1.54) is 31.4 Å². The van der Waals surface area contributed by atoms with E-state index in [-0.39, 0.29) is 11.3 Å². The number of ether oxygens (including phenoxy) is 1. The van der Waals surface area contributed by atoms with Gasteiger partial charge in [-0.3, -0.25) is 9.59 Å². The summed E-state index contributed by atoms with van der Waals surface area (Å²) in [6, 6.07) is 11.4. The Kier molecular flexibility index (Phi) is 6.52. The van der Waals surface area contributed by atoms with Gasteiger partial charge in [0, 0.05) is 5.69 Å². The van der Waals surface area contributed by atoms with E-state index < -0.39 is 29.4 Å². The average molecular weight is 409 g/mol. The van der Waals surface area contributed by atoms with Gasteiger partial charge in [0.1, 0.15) is 5.54 Å². The molecule has 8 nitrogen and oxygen atoms in total. The van der Waals surface area contributed by atoms with Gasteiger partial charge >= 0.3 is 5.97 Å². The molecule has 1 aliphatic carbocycles. The van der Waals surface area contributed by atoms with Crippen LogP contribution in [-0.4, -0.2) is 29.4 Å². The van der Waals surface area contributed by atoms with Crippen LogP contribution in [0.15, 0.2) is 47.1 Å². The van der Waals surface area contributed by atoms with Crippen molar-refractivity contribution < 1.29 is 23.5 Å². The Balaban J connectivity index is 1.55. The number of hydrogen-bond donors (Lipinski definition) is 2. The Morgan fingerprint density at radius 2 is 1.83 bits per heavy atom. The summed E-state index contributed by atoms with van der Waals surface area (Å²) in [5, 5.41) is 14.9. The molecule has 2 N–H and O–H groups in total. The van der Waals surface area contributed by atoms with Crippen LogP contribution in [-0.2, 0) is 9.53 Å². The zero-order valence-corrected chi connectivity index (χ0v) is 16.6. The first kappa shape index (κ1) is 21.1. The van der Waals surface area contributed by atoms with Gasteiger partial charge in [0.25, 0.3) is 11.8 Å². The van der Waals surface area contributed by atoms with Gasteiger partial charge < -0.3 is 19.8 Å². The molecule has 2 amide bonds. The smallest absolute Gasteiger partial charge is 0.338 e. The topological polar surface area (TPSA) is 121 Å². The van der Waals surface area contributed by atoms with Gasteiger partial charge in [0.2, 0.25) is 0 Å². The molecule has 2 aromatic rings. The Labute approximate surface area is 174 Å². The van der Waals surface area contributed by atoms with Crippen LogP contribution in [0.1, 0.15) is 59.9 Å². The summed E-state index contributed by atoms with van der Waals surface area (Å²) < 4.78 is 10.3. The number of furan rings is 1. The van der Waals surface area contributed by atoms with E-state index in [2.05, 4.69) is 16.7 Å².